The Balaban J connectivity index is 0.673. The van der Waals surface area contributed by atoms with E-state index in [0.29, 0.717) is 65.0 Å². The van der Waals surface area contributed by atoms with Crippen LogP contribution in [0.25, 0.3) is 10.8 Å². The number of halogens is 4. The van der Waals surface area contributed by atoms with Crippen molar-refractivity contribution < 1.29 is 42.1 Å². The highest BCUT2D eigenvalue weighted by atomic mass is 35.5. The number of hydrogen-bond acceptors (Lipinski definition) is 15. The van der Waals surface area contributed by atoms with Gasteiger partial charge in [0.25, 0.3) is 5.91 Å². The van der Waals surface area contributed by atoms with Crippen LogP contribution in [0.5, 0.6) is 11.8 Å². The van der Waals surface area contributed by atoms with Gasteiger partial charge in [0.1, 0.15) is 29.8 Å². The fourth-order valence-corrected chi connectivity index (χ4v) is 13.7. The molecule has 17 nitrogen and oxygen atoms in total. The number of benzene rings is 5. The third kappa shape index (κ3) is 14.4. The zero-order valence-corrected chi connectivity index (χ0v) is 51.9. The molecule has 6 aromatic rings. The van der Waals surface area contributed by atoms with Crippen molar-refractivity contribution in [1.29, 1.82) is 10.5 Å². The number of anilines is 3. The minimum Gasteiger partial charge on any atom is -0.495 e. The number of amides is 2. The lowest BCUT2D eigenvalue weighted by Gasteiger charge is -2.38. The van der Waals surface area contributed by atoms with Crippen molar-refractivity contribution in [2.75, 3.05) is 108 Å². The highest BCUT2D eigenvalue weighted by molar-refractivity contribution is 6.31. The van der Waals surface area contributed by atoms with E-state index in [1.807, 2.05) is 20.8 Å². The van der Waals surface area contributed by atoms with Crippen molar-refractivity contribution in [3.05, 3.63) is 147 Å². The molecule has 2 amide bonds. The Kier molecular flexibility index (Phi) is 20.7. The molecule has 0 bridgehead atoms. The number of rotatable bonds is 23. The summed E-state index contributed by atoms with van der Waals surface area (Å²) in [5.74, 6) is -4.21. The number of nitriles is 2. The van der Waals surface area contributed by atoms with Crippen molar-refractivity contribution in [2.24, 2.45) is 17.3 Å². The number of hydrogen-bond donors (Lipinski definition) is 3. The molecular weight excluding hydrogens is 1170 g/mol. The van der Waals surface area contributed by atoms with E-state index in [9.17, 15) is 20.1 Å². The van der Waals surface area contributed by atoms with Crippen LogP contribution in [0, 0.1) is 51.5 Å². The number of fused-ring (bicyclic) bond motifs is 2. The normalized spacial score (nSPS) is 22.0. The minimum atomic E-state index is -1.71. The van der Waals surface area contributed by atoms with E-state index >= 15 is 8.78 Å². The van der Waals surface area contributed by atoms with Crippen molar-refractivity contribution in [3.63, 3.8) is 0 Å². The summed E-state index contributed by atoms with van der Waals surface area (Å²) >= 11 is 12.5. The number of carbonyl (C=O) groups excluding carboxylic acids is 2. The zero-order valence-electron chi connectivity index (χ0n) is 50.4. The van der Waals surface area contributed by atoms with Crippen LogP contribution in [0.4, 0.5) is 26.0 Å². The Morgan fingerprint density at radius 2 is 1.67 bits per heavy atom. The number of nitrogens with zero attached hydrogens (tertiary/aromatic N) is 7. The van der Waals surface area contributed by atoms with Crippen molar-refractivity contribution >= 4 is 63.0 Å². The van der Waals surface area contributed by atoms with E-state index in [1.54, 1.807) is 18.2 Å². The first-order chi connectivity index (χ1) is 42.5. The Morgan fingerprint density at radius 1 is 0.886 bits per heavy atom. The maximum atomic E-state index is 16.3. The molecule has 88 heavy (non-hydrogen) atoms. The summed E-state index contributed by atoms with van der Waals surface area (Å²) in [6.07, 6.45) is 2.50. The first kappa shape index (κ1) is 63.8. The fourth-order valence-electron chi connectivity index (χ4n) is 13.4. The largest absolute Gasteiger partial charge is 0.495 e. The van der Waals surface area contributed by atoms with Crippen molar-refractivity contribution in [2.45, 2.75) is 88.9 Å². The first-order valence-corrected chi connectivity index (χ1v) is 30.9. The monoisotopic (exact) mass is 1240 g/mol. The quantitative estimate of drug-likeness (QED) is 0.0512. The Labute approximate surface area is 523 Å². The van der Waals surface area contributed by atoms with Crippen LogP contribution >= 0.6 is 23.2 Å². The van der Waals surface area contributed by atoms with Gasteiger partial charge in [-0.2, -0.15) is 20.5 Å². The summed E-state index contributed by atoms with van der Waals surface area (Å²) in [5, 5.41) is 32.3. The van der Waals surface area contributed by atoms with E-state index in [1.165, 1.54) is 53.9 Å². The number of nitrogens with one attached hydrogen (secondary N) is 3. The highest BCUT2D eigenvalue weighted by Crippen LogP contribution is 2.61. The van der Waals surface area contributed by atoms with Crippen molar-refractivity contribution in [1.82, 2.24) is 25.5 Å². The topological polar surface area (TPSA) is 199 Å². The van der Waals surface area contributed by atoms with Crippen molar-refractivity contribution in [3.8, 4) is 23.9 Å². The summed E-state index contributed by atoms with van der Waals surface area (Å²) in [6, 6.07) is 33.2. The zero-order chi connectivity index (χ0) is 62.1. The van der Waals surface area contributed by atoms with E-state index < -0.39 is 46.6 Å². The SMILES string of the molecule is COc1cc(C(=O)NCCOCCOCCO[C@@H]2C[C@@H](COc3nc4c(c(N5CCN[C@@H](CC#N)C5)n3)CCN(c3cccc5ccccc35)C4)N(C)C2)ccc1NC(=O)[C@@H]1C[C@@H](CC(C)(C)C)[C@](C#N)(c2ccc(Cl)cc2F)[C@H]1c1cccc(Cl)c1F. The molecule has 464 valence electrons. The van der Waals surface area contributed by atoms with E-state index in [2.05, 4.69) is 92.3 Å². The van der Waals surface area contributed by atoms with E-state index in [4.69, 9.17) is 56.9 Å². The van der Waals surface area contributed by atoms with Crippen LogP contribution in [-0.4, -0.2) is 138 Å². The van der Waals surface area contributed by atoms with Gasteiger partial charge in [0, 0.05) is 96.0 Å². The first-order valence-electron chi connectivity index (χ1n) is 30.1. The molecule has 0 spiro atoms. The standard InChI is InChI=1S/C67H76Cl2F2N10O7/c1-66(2,3)36-44-33-52(60(51-13-9-14-54(69)61(51)71)67(44,41-73)53-18-17-45(68)34-55(53)70)64(83)76-56-19-16-43(32-59(56)84-5)63(82)75-24-27-85-28-29-86-30-31-87-48-35-47(79(4)38-48)40-88-65-77-57-39-80(58-15-8-11-42-10-6-7-12-49(42)58)25-21-50(57)62(78-65)81-26-23-74-46(37-81)20-22-72/h6-19,32,34,44,46-48,52,60,74H,20-21,23-31,33,35-40H2,1-5H3,(H,75,82)(H,76,83)/t44-,46-,47-,48+,52+,60-,67+/m0/s1. The van der Waals surface area contributed by atoms with E-state index in [-0.39, 0.29) is 81.3 Å². The van der Waals surface area contributed by atoms with Gasteiger partial charge >= 0.3 is 6.01 Å². The van der Waals surface area contributed by atoms with Crippen LogP contribution < -0.4 is 35.2 Å². The van der Waals surface area contributed by atoms with Gasteiger partial charge in [-0.05, 0) is 97.5 Å². The molecule has 2 saturated heterocycles. The maximum Gasteiger partial charge on any atom is 0.318 e. The predicted molar refractivity (Wildman–Crippen MR) is 335 cm³/mol. The molecule has 10 rings (SSSR count). The fraction of sp³-hybridized carbons (Fsp3) is 0.463. The number of likely N-dealkylation sites (N-methyl/N-ethyl adjacent to an activating group) is 1. The molecule has 3 N–H and O–H groups in total. The average Bonchev–Trinajstić information content (AvgIpc) is 1.56. The molecular formula is C67H76Cl2F2N10O7. The third-order valence-electron chi connectivity index (χ3n) is 17.4. The minimum absolute atomic E-state index is 0.00600. The Morgan fingerprint density at radius 3 is 2.45 bits per heavy atom. The summed E-state index contributed by atoms with van der Waals surface area (Å²) in [4.78, 5) is 45.1. The smallest absolute Gasteiger partial charge is 0.318 e. The van der Waals surface area contributed by atoms with Crippen LogP contribution in [0.1, 0.15) is 85.1 Å². The van der Waals surface area contributed by atoms with Crippen LogP contribution in [0.3, 0.4) is 0 Å². The summed E-state index contributed by atoms with van der Waals surface area (Å²) in [6.45, 7) is 12.7. The third-order valence-corrected chi connectivity index (χ3v) is 18.0. The van der Waals surface area contributed by atoms with Crippen LogP contribution in [-0.2, 0) is 37.4 Å². The second-order valence-corrected chi connectivity index (χ2v) is 25.3. The molecule has 21 heteroatoms. The predicted octanol–water partition coefficient (Wildman–Crippen LogP) is 10.7. The van der Waals surface area contributed by atoms with Gasteiger partial charge in [-0.25, -0.2) is 8.78 Å². The lowest BCUT2D eigenvalue weighted by atomic mass is 9.62. The summed E-state index contributed by atoms with van der Waals surface area (Å²) in [7, 11) is 3.48. The molecule has 5 aromatic carbocycles. The molecule has 7 atom stereocenters. The number of methoxy groups -OCH3 is 1. The lowest BCUT2D eigenvalue weighted by Crippen LogP contribution is -2.51. The number of piperazine rings is 1. The molecule has 1 aromatic heterocycles. The van der Waals surface area contributed by atoms with Gasteiger partial charge in [-0.3, -0.25) is 14.5 Å². The molecule has 3 aliphatic heterocycles. The van der Waals surface area contributed by atoms with Gasteiger partial charge < -0.3 is 49.4 Å². The Bertz CT molecular complexity index is 3560. The molecule has 4 aliphatic rings. The number of likely N-dealkylation sites (tertiary alicyclic amines) is 1. The second-order valence-electron chi connectivity index (χ2n) is 24.4. The summed E-state index contributed by atoms with van der Waals surface area (Å²) in [5.41, 5.74) is 1.74. The van der Waals surface area contributed by atoms with Gasteiger partial charge in [0.15, 0.2) is 0 Å². The highest BCUT2D eigenvalue weighted by Gasteiger charge is 2.61. The van der Waals surface area contributed by atoms with E-state index in [0.717, 1.165) is 62.2 Å². The molecule has 3 fully saturated rings. The maximum absolute atomic E-state index is 16.3. The second kappa shape index (κ2) is 28.5. The number of carbonyl (C=O) groups is 2. The Hall–Kier alpha value is -7.20. The molecule has 1 aliphatic carbocycles. The van der Waals surface area contributed by atoms with Gasteiger partial charge in [-0.15, -0.1) is 0 Å². The molecule has 0 unspecified atom stereocenters. The van der Waals surface area contributed by atoms with Crippen LogP contribution in [0.2, 0.25) is 10.0 Å². The number of ether oxygens (including phenoxy) is 5. The van der Waals surface area contributed by atoms with Gasteiger partial charge in [0.2, 0.25) is 5.91 Å². The molecule has 1 saturated carbocycles. The average molecular weight is 1240 g/mol. The van der Waals surface area contributed by atoms with Gasteiger partial charge in [-0.1, -0.05) is 98.6 Å². The van der Waals surface area contributed by atoms with Crippen LogP contribution in [0.15, 0.2) is 97.1 Å². The number of aromatic nitrogens is 2. The molecule has 0 radical (unpaired) electrons. The molecule has 4 heterocycles. The summed E-state index contributed by atoms with van der Waals surface area (Å²) < 4.78 is 62.4. The lowest BCUT2D eigenvalue weighted by molar-refractivity contribution is -0.120. The van der Waals surface area contributed by atoms with Gasteiger partial charge in [0.05, 0.1) is 93.2 Å².